The molecule has 1 atom stereocenters. The summed E-state index contributed by atoms with van der Waals surface area (Å²) in [5.74, 6) is 0. The van der Waals surface area contributed by atoms with Gasteiger partial charge in [0.25, 0.3) is 0 Å². The molecule has 1 aliphatic rings. The average molecular weight is 214 g/mol. The zero-order valence-corrected chi connectivity index (χ0v) is 9.93. The van der Waals surface area contributed by atoms with Crippen LogP contribution in [0.4, 0.5) is 4.79 Å². The second-order valence-electron chi connectivity index (χ2n) is 5.32. The van der Waals surface area contributed by atoms with Crippen LogP contribution in [0.1, 0.15) is 33.6 Å². The summed E-state index contributed by atoms with van der Waals surface area (Å²) in [6.45, 7) is 8.49. The molecule has 0 spiro atoms. The van der Waals surface area contributed by atoms with Crippen molar-refractivity contribution in [3.63, 3.8) is 0 Å². The maximum absolute atomic E-state index is 11.4. The van der Waals surface area contributed by atoms with Gasteiger partial charge in [0, 0.05) is 12.6 Å². The largest absolute Gasteiger partial charge is 0.449 e. The first-order valence-electron chi connectivity index (χ1n) is 5.61. The summed E-state index contributed by atoms with van der Waals surface area (Å²) < 4.78 is 5.13. The van der Waals surface area contributed by atoms with Crippen molar-refractivity contribution in [3.8, 4) is 0 Å². The van der Waals surface area contributed by atoms with Crippen molar-refractivity contribution in [2.75, 3.05) is 19.7 Å². The van der Waals surface area contributed by atoms with Crippen LogP contribution in [0.2, 0.25) is 0 Å². The van der Waals surface area contributed by atoms with Crippen molar-refractivity contribution in [1.82, 2.24) is 10.6 Å². The highest BCUT2D eigenvalue weighted by atomic mass is 16.5. The fourth-order valence-corrected chi connectivity index (χ4v) is 1.47. The summed E-state index contributed by atoms with van der Waals surface area (Å²) in [6, 6.07) is 0.228. The first-order valence-corrected chi connectivity index (χ1v) is 5.61. The summed E-state index contributed by atoms with van der Waals surface area (Å²) >= 11 is 0. The van der Waals surface area contributed by atoms with Crippen LogP contribution in [0, 0.1) is 5.41 Å². The van der Waals surface area contributed by atoms with Crippen LogP contribution >= 0.6 is 0 Å². The van der Waals surface area contributed by atoms with Crippen LogP contribution < -0.4 is 10.6 Å². The van der Waals surface area contributed by atoms with Crippen LogP contribution in [0.25, 0.3) is 0 Å². The first kappa shape index (κ1) is 12.3. The fourth-order valence-electron chi connectivity index (χ4n) is 1.47. The molecule has 1 amide bonds. The zero-order chi connectivity index (χ0) is 11.3. The minimum atomic E-state index is -0.293. The van der Waals surface area contributed by atoms with E-state index in [1.54, 1.807) is 0 Å². The average Bonchev–Trinajstić information content (AvgIpc) is 2.15. The van der Waals surface area contributed by atoms with Gasteiger partial charge < -0.3 is 15.4 Å². The Morgan fingerprint density at radius 2 is 2.27 bits per heavy atom. The molecule has 15 heavy (non-hydrogen) atoms. The number of carbonyl (C=O) groups excluding carboxylic acids is 1. The smallest absolute Gasteiger partial charge is 0.407 e. The molecule has 0 saturated carbocycles. The van der Waals surface area contributed by atoms with Crippen LogP contribution in [0.3, 0.4) is 0 Å². The van der Waals surface area contributed by atoms with E-state index in [4.69, 9.17) is 4.74 Å². The molecule has 0 bridgehead atoms. The van der Waals surface area contributed by atoms with Crippen molar-refractivity contribution in [2.24, 2.45) is 5.41 Å². The maximum Gasteiger partial charge on any atom is 0.407 e. The number of piperidine rings is 1. The lowest BCUT2D eigenvalue weighted by atomic mass is 9.99. The topological polar surface area (TPSA) is 50.4 Å². The van der Waals surface area contributed by atoms with Crippen molar-refractivity contribution in [3.05, 3.63) is 0 Å². The van der Waals surface area contributed by atoms with Gasteiger partial charge in [-0.1, -0.05) is 20.8 Å². The van der Waals surface area contributed by atoms with Gasteiger partial charge in [0.05, 0.1) is 6.61 Å². The summed E-state index contributed by atoms with van der Waals surface area (Å²) in [5.41, 5.74) is 0.0299. The number of carbonyl (C=O) groups is 1. The lowest BCUT2D eigenvalue weighted by Crippen LogP contribution is -2.46. The minimum absolute atomic E-state index is 0.0299. The van der Waals surface area contributed by atoms with Gasteiger partial charge in [0.15, 0.2) is 0 Å². The van der Waals surface area contributed by atoms with Gasteiger partial charge in [-0.3, -0.25) is 0 Å². The molecule has 0 aliphatic carbocycles. The Morgan fingerprint density at radius 1 is 1.53 bits per heavy atom. The molecule has 88 valence electrons. The lowest BCUT2D eigenvalue weighted by molar-refractivity contribution is 0.102. The molecule has 2 N–H and O–H groups in total. The summed E-state index contributed by atoms with van der Waals surface area (Å²) in [4.78, 5) is 11.4. The van der Waals surface area contributed by atoms with E-state index in [0.717, 1.165) is 25.9 Å². The second kappa shape index (κ2) is 5.35. The molecule has 0 aromatic heterocycles. The molecular formula is C11H22N2O2. The quantitative estimate of drug-likeness (QED) is 0.732. The van der Waals surface area contributed by atoms with Gasteiger partial charge in [-0.2, -0.15) is 0 Å². The maximum atomic E-state index is 11.4. The predicted octanol–water partition coefficient (Wildman–Crippen LogP) is 1.51. The standard InChI is InChI=1S/C11H22N2O2/c1-11(2,3)8-15-10(14)13-9-5-4-6-12-7-9/h9,12H,4-8H2,1-3H3,(H,13,14)/t9-/m1/s1. The highest BCUT2D eigenvalue weighted by Crippen LogP contribution is 2.12. The summed E-state index contributed by atoms with van der Waals surface area (Å²) in [5, 5.41) is 6.11. The van der Waals surface area contributed by atoms with E-state index in [0.29, 0.717) is 6.61 Å². The van der Waals surface area contributed by atoms with E-state index in [9.17, 15) is 4.79 Å². The molecule has 0 aromatic rings. The van der Waals surface area contributed by atoms with Gasteiger partial charge in [-0.05, 0) is 24.8 Å². The lowest BCUT2D eigenvalue weighted by Gasteiger charge is -2.24. The molecule has 4 heteroatoms. The SMILES string of the molecule is CC(C)(C)COC(=O)N[C@@H]1CCCNC1. The third-order valence-corrected chi connectivity index (χ3v) is 2.26. The fraction of sp³-hybridized carbons (Fsp3) is 0.909. The monoisotopic (exact) mass is 214 g/mol. The first-order chi connectivity index (χ1) is 6.97. The molecule has 1 aliphatic heterocycles. The number of ether oxygens (including phenoxy) is 1. The molecule has 0 unspecified atom stereocenters. The van der Waals surface area contributed by atoms with Gasteiger partial charge in [0.1, 0.15) is 0 Å². The predicted molar refractivity (Wildman–Crippen MR) is 59.8 cm³/mol. The van der Waals surface area contributed by atoms with Crippen molar-refractivity contribution < 1.29 is 9.53 Å². The van der Waals surface area contributed by atoms with E-state index in [2.05, 4.69) is 10.6 Å². The Hall–Kier alpha value is -0.770. The third-order valence-electron chi connectivity index (χ3n) is 2.26. The number of amides is 1. The van der Waals surface area contributed by atoms with Crippen LogP contribution in [0.15, 0.2) is 0 Å². The van der Waals surface area contributed by atoms with Gasteiger partial charge in [0.2, 0.25) is 0 Å². The van der Waals surface area contributed by atoms with Crippen molar-refractivity contribution in [2.45, 2.75) is 39.7 Å². The zero-order valence-electron chi connectivity index (χ0n) is 9.93. The van der Waals surface area contributed by atoms with E-state index in [1.165, 1.54) is 0 Å². The minimum Gasteiger partial charge on any atom is -0.449 e. The van der Waals surface area contributed by atoms with Crippen molar-refractivity contribution >= 4 is 6.09 Å². The van der Waals surface area contributed by atoms with E-state index in [-0.39, 0.29) is 17.6 Å². The number of nitrogens with one attached hydrogen (secondary N) is 2. The van der Waals surface area contributed by atoms with E-state index < -0.39 is 0 Å². The molecule has 1 saturated heterocycles. The highest BCUT2D eigenvalue weighted by molar-refractivity contribution is 5.67. The Bertz CT molecular complexity index is 205. The molecule has 4 nitrogen and oxygen atoms in total. The Kier molecular flexibility index (Phi) is 4.39. The van der Waals surface area contributed by atoms with E-state index in [1.807, 2.05) is 20.8 Å². The Balaban J connectivity index is 2.17. The molecule has 1 heterocycles. The number of rotatable bonds is 2. The van der Waals surface area contributed by atoms with Gasteiger partial charge >= 0.3 is 6.09 Å². The number of hydrogen-bond acceptors (Lipinski definition) is 3. The number of hydrogen-bond donors (Lipinski definition) is 2. The Morgan fingerprint density at radius 3 is 2.80 bits per heavy atom. The number of alkyl carbamates (subject to hydrolysis) is 1. The van der Waals surface area contributed by atoms with Crippen LogP contribution in [-0.4, -0.2) is 31.8 Å². The second-order valence-corrected chi connectivity index (χ2v) is 5.32. The van der Waals surface area contributed by atoms with Crippen molar-refractivity contribution in [1.29, 1.82) is 0 Å². The molecular weight excluding hydrogens is 192 g/mol. The van der Waals surface area contributed by atoms with Gasteiger partial charge in [-0.25, -0.2) is 4.79 Å². The molecule has 1 rings (SSSR count). The Labute approximate surface area is 91.8 Å². The normalized spacial score (nSPS) is 22.2. The third kappa shape index (κ3) is 5.62. The molecule has 0 aromatic carbocycles. The van der Waals surface area contributed by atoms with Gasteiger partial charge in [-0.15, -0.1) is 0 Å². The molecule has 0 radical (unpaired) electrons. The van der Waals surface area contributed by atoms with Crippen LogP contribution in [0.5, 0.6) is 0 Å². The van der Waals surface area contributed by atoms with Crippen LogP contribution in [-0.2, 0) is 4.74 Å². The summed E-state index contributed by atoms with van der Waals surface area (Å²) in [7, 11) is 0. The molecule has 1 fully saturated rings. The highest BCUT2D eigenvalue weighted by Gasteiger charge is 2.18. The summed E-state index contributed by atoms with van der Waals surface area (Å²) in [6.07, 6.45) is 1.86. The van der Waals surface area contributed by atoms with E-state index >= 15 is 0 Å².